The van der Waals surface area contributed by atoms with Crippen molar-refractivity contribution in [2.45, 2.75) is 156 Å². The van der Waals surface area contributed by atoms with E-state index in [-0.39, 0.29) is 0 Å². The minimum absolute atomic E-state index is 0.840. The standard InChI is InChI=1S/C28H59N/c1-5-6-7-8-9-10-11-12-13-14-15-16-17-18-19-20-21-22-23-24-26-29(4)27-25-28(2)3/h28H,5-27H2,1-4H3. The number of hydrogen-bond donors (Lipinski definition) is 0. The highest BCUT2D eigenvalue weighted by molar-refractivity contribution is 4.55. The second kappa shape index (κ2) is 24.2. The van der Waals surface area contributed by atoms with Crippen LogP contribution in [0.25, 0.3) is 0 Å². The van der Waals surface area contributed by atoms with Gasteiger partial charge in [-0.15, -0.1) is 0 Å². The quantitative estimate of drug-likeness (QED) is 0.143. The van der Waals surface area contributed by atoms with Gasteiger partial charge in [-0.3, -0.25) is 0 Å². The Morgan fingerprint density at radius 2 is 0.759 bits per heavy atom. The van der Waals surface area contributed by atoms with Crippen molar-refractivity contribution in [1.29, 1.82) is 0 Å². The van der Waals surface area contributed by atoms with Crippen LogP contribution in [0.4, 0.5) is 0 Å². The molecule has 0 saturated heterocycles. The lowest BCUT2D eigenvalue weighted by Gasteiger charge is -2.17. The maximum absolute atomic E-state index is 2.52. The van der Waals surface area contributed by atoms with Gasteiger partial charge >= 0.3 is 0 Å². The summed E-state index contributed by atoms with van der Waals surface area (Å²) in [5.74, 6) is 0.840. The first-order valence-electron chi connectivity index (χ1n) is 13.8. The van der Waals surface area contributed by atoms with E-state index in [0.29, 0.717) is 0 Å². The first-order chi connectivity index (χ1) is 14.2. The molecule has 0 heterocycles. The van der Waals surface area contributed by atoms with Crippen LogP contribution in [0.2, 0.25) is 0 Å². The molecule has 1 nitrogen and oxygen atoms in total. The van der Waals surface area contributed by atoms with E-state index in [9.17, 15) is 0 Å². The fraction of sp³-hybridized carbons (Fsp3) is 1.00. The van der Waals surface area contributed by atoms with Crippen molar-refractivity contribution in [3.63, 3.8) is 0 Å². The van der Waals surface area contributed by atoms with Gasteiger partial charge in [-0.2, -0.15) is 0 Å². The van der Waals surface area contributed by atoms with Crippen LogP contribution in [0.3, 0.4) is 0 Å². The summed E-state index contributed by atoms with van der Waals surface area (Å²) in [4.78, 5) is 2.52. The fourth-order valence-corrected chi connectivity index (χ4v) is 4.23. The van der Waals surface area contributed by atoms with Gasteiger partial charge in [0.1, 0.15) is 0 Å². The predicted molar refractivity (Wildman–Crippen MR) is 135 cm³/mol. The predicted octanol–water partition coefficient (Wildman–Crippen LogP) is 9.79. The number of rotatable bonds is 24. The second-order valence-corrected chi connectivity index (χ2v) is 10.2. The molecule has 0 spiro atoms. The van der Waals surface area contributed by atoms with Gasteiger partial charge < -0.3 is 4.90 Å². The maximum atomic E-state index is 2.52. The third-order valence-electron chi connectivity index (χ3n) is 6.48. The number of unbranched alkanes of at least 4 members (excludes halogenated alkanes) is 19. The van der Waals surface area contributed by atoms with Crippen LogP contribution in [0.15, 0.2) is 0 Å². The van der Waals surface area contributed by atoms with Crippen LogP contribution >= 0.6 is 0 Å². The first kappa shape index (κ1) is 29.0. The Hall–Kier alpha value is -0.0400. The molecule has 0 rings (SSSR count). The molecule has 0 N–H and O–H groups in total. The monoisotopic (exact) mass is 409 g/mol. The molecule has 0 aliphatic heterocycles. The summed E-state index contributed by atoms with van der Waals surface area (Å²) < 4.78 is 0. The topological polar surface area (TPSA) is 3.24 Å². The third kappa shape index (κ3) is 25.9. The summed E-state index contributed by atoms with van der Waals surface area (Å²) in [6.07, 6.45) is 30.7. The second-order valence-electron chi connectivity index (χ2n) is 10.2. The number of nitrogens with zero attached hydrogens (tertiary/aromatic N) is 1. The molecule has 0 aromatic heterocycles. The van der Waals surface area contributed by atoms with E-state index in [0.717, 1.165) is 5.92 Å². The lowest BCUT2D eigenvalue weighted by molar-refractivity contribution is 0.302. The molecule has 0 aromatic carbocycles. The van der Waals surface area contributed by atoms with E-state index in [1.165, 1.54) is 148 Å². The van der Waals surface area contributed by atoms with E-state index in [4.69, 9.17) is 0 Å². The maximum Gasteiger partial charge on any atom is -0.00194 e. The van der Waals surface area contributed by atoms with Crippen molar-refractivity contribution < 1.29 is 0 Å². The molecule has 0 aliphatic carbocycles. The van der Waals surface area contributed by atoms with E-state index >= 15 is 0 Å². The Kier molecular flexibility index (Phi) is 24.2. The van der Waals surface area contributed by atoms with Crippen molar-refractivity contribution in [2.75, 3.05) is 20.1 Å². The summed E-state index contributed by atoms with van der Waals surface area (Å²) in [5.41, 5.74) is 0. The Bertz CT molecular complexity index is 286. The van der Waals surface area contributed by atoms with Gasteiger partial charge in [0.15, 0.2) is 0 Å². The fourth-order valence-electron chi connectivity index (χ4n) is 4.23. The van der Waals surface area contributed by atoms with Crippen LogP contribution < -0.4 is 0 Å². The zero-order chi connectivity index (χ0) is 21.4. The van der Waals surface area contributed by atoms with Gasteiger partial charge in [-0.05, 0) is 38.9 Å². The van der Waals surface area contributed by atoms with Gasteiger partial charge in [0.05, 0.1) is 0 Å². The van der Waals surface area contributed by atoms with Gasteiger partial charge in [0.25, 0.3) is 0 Å². The van der Waals surface area contributed by atoms with Crippen LogP contribution in [-0.2, 0) is 0 Å². The molecule has 0 aliphatic rings. The van der Waals surface area contributed by atoms with E-state index < -0.39 is 0 Å². The van der Waals surface area contributed by atoms with Crippen LogP contribution in [0.1, 0.15) is 156 Å². The molecular formula is C28H59N. The third-order valence-corrected chi connectivity index (χ3v) is 6.48. The summed E-state index contributed by atoms with van der Waals surface area (Å²) in [6, 6.07) is 0. The Morgan fingerprint density at radius 3 is 1.07 bits per heavy atom. The lowest BCUT2D eigenvalue weighted by Crippen LogP contribution is -2.21. The summed E-state index contributed by atoms with van der Waals surface area (Å²) in [7, 11) is 2.29. The van der Waals surface area contributed by atoms with Gasteiger partial charge in [0, 0.05) is 0 Å². The van der Waals surface area contributed by atoms with Crippen molar-refractivity contribution in [2.24, 2.45) is 5.92 Å². The minimum Gasteiger partial charge on any atom is -0.306 e. The van der Waals surface area contributed by atoms with E-state index in [1.54, 1.807) is 0 Å². The van der Waals surface area contributed by atoms with Gasteiger partial charge in [-0.25, -0.2) is 0 Å². The highest BCUT2D eigenvalue weighted by atomic mass is 15.1. The molecule has 0 fully saturated rings. The minimum atomic E-state index is 0.840. The SMILES string of the molecule is CCCCCCCCCCCCCCCCCCCCCCN(C)CCC(C)C. The Morgan fingerprint density at radius 1 is 0.448 bits per heavy atom. The molecule has 0 atom stereocenters. The summed E-state index contributed by atoms with van der Waals surface area (Å²) in [6.45, 7) is 9.53. The molecule has 0 saturated carbocycles. The Balaban J connectivity index is 3.06. The highest BCUT2D eigenvalue weighted by Gasteiger charge is 2.00. The molecule has 0 unspecified atom stereocenters. The van der Waals surface area contributed by atoms with E-state index in [2.05, 4.69) is 32.7 Å². The largest absolute Gasteiger partial charge is 0.306 e. The average Bonchev–Trinajstić information content (AvgIpc) is 2.70. The molecule has 176 valence electrons. The van der Waals surface area contributed by atoms with Gasteiger partial charge in [-0.1, -0.05) is 143 Å². The zero-order valence-corrected chi connectivity index (χ0v) is 21.3. The lowest BCUT2D eigenvalue weighted by atomic mass is 10.0. The smallest absolute Gasteiger partial charge is 0.00194 e. The van der Waals surface area contributed by atoms with Crippen LogP contribution in [-0.4, -0.2) is 25.0 Å². The molecule has 0 radical (unpaired) electrons. The van der Waals surface area contributed by atoms with Crippen molar-refractivity contribution in [1.82, 2.24) is 4.90 Å². The van der Waals surface area contributed by atoms with E-state index in [1.807, 2.05) is 0 Å². The molecule has 29 heavy (non-hydrogen) atoms. The van der Waals surface area contributed by atoms with Crippen molar-refractivity contribution >= 4 is 0 Å². The summed E-state index contributed by atoms with van der Waals surface area (Å²) in [5, 5.41) is 0. The molecular weight excluding hydrogens is 350 g/mol. The van der Waals surface area contributed by atoms with Crippen LogP contribution in [0, 0.1) is 5.92 Å². The zero-order valence-electron chi connectivity index (χ0n) is 21.3. The van der Waals surface area contributed by atoms with Crippen molar-refractivity contribution in [3.05, 3.63) is 0 Å². The molecule has 0 aromatic rings. The highest BCUT2D eigenvalue weighted by Crippen LogP contribution is 2.15. The van der Waals surface area contributed by atoms with Gasteiger partial charge in [0.2, 0.25) is 0 Å². The average molecular weight is 410 g/mol. The number of hydrogen-bond acceptors (Lipinski definition) is 1. The summed E-state index contributed by atoms with van der Waals surface area (Å²) >= 11 is 0. The molecule has 0 amide bonds. The first-order valence-corrected chi connectivity index (χ1v) is 13.8. The van der Waals surface area contributed by atoms with Crippen molar-refractivity contribution in [3.8, 4) is 0 Å². The Labute approximate surface area is 186 Å². The van der Waals surface area contributed by atoms with Crippen LogP contribution in [0.5, 0.6) is 0 Å². The molecule has 0 bridgehead atoms. The normalized spacial score (nSPS) is 11.8. The molecule has 1 heteroatoms.